The molecule has 0 atom stereocenters. The zero-order chi connectivity index (χ0) is 13.3. The first-order valence-corrected chi connectivity index (χ1v) is 5.88. The van der Waals surface area contributed by atoms with Gasteiger partial charge in [0.1, 0.15) is 18.2 Å². The van der Waals surface area contributed by atoms with E-state index in [9.17, 15) is 13.6 Å². The molecule has 0 unspecified atom stereocenters. The molecule has 7 heteroatoms. The van der Waals surface area contributed by atoms with E-state index < -0.39 is 11.9 Å². The molecule has 1 fully saturated rings. The van der Waals surface area contributed by atoms with E-state index in [0.717, 1.165) is 0 Å². The molecule has 0 bridgehead atoms. The SMILES string of the molecule is Cc1nnc(C2CCC(F)(F)CC2)n1CC(=O)O. The number of alkyl halides is 2. The number of carboxylic acids is 1. The van der Waals surface area contributed by atoms with Crippen LogP contribution in [0.2, 0.25) is 0 Å². The van der Waals surface area contributed by atoms with Gasteiger partial charge in [-0.05, 0) is 19.8 Å². The largest absolute Gasteiger partial charge is 0.480 e. The highest BCUT2D eigenvalue weighted by Gasteiger charge is 2.37. The Morgan fingerprint density at radius 3 is 2.61 bits per heavy atom. The second-order valence-corrected chi connectivity index (χ2v) is 4.72. The number of hydrogen-bond donors (Lipinski definition) is 1. The standard InChI is InChI=1S/C11H15F2N3O2/c1-7-14-15-10(16(7)6-9(17)18)8-2-4-11(12,13)5-3-8/h8H,2-6H2,1H3,(H,17,18). The summed E-state index contributed by atoms with van der Waals surface area (Å²) in [4.78, 5) is 10.8. The van der Waals surface area contributed by atoms with Crippen LogP contribution in [-0.2, 0) is 11.3 Å². The van der Waals surface area contributed by atoms with Gasteiger partial charge in [-0.2, -0.15) is 0 Å². The van der Waals surface area contributed by atoms with Crippen molar-refractivity contribution < 1.29 is 18.7 Å². The second-order valence-electron chi connectivity index (χ2n) is 4.72. The number of nitrogens with zero attached hydrogens (tertiary/aromatic N) is 3. The molecule has 1 heterocycles. The molecule has 1 aromatic heterocycles. The number of hydrogen-bond acceptors (Lipinski definition) is 3. The quantitative estimate of drug-likeness (QED) is 0.901. The summed E-state index contributed by atoms with van der Waals surface area (Å²) in [6, 6.07) is 0. The molecule has 0 radical (unpaired) electrons. The predicted molar refractivity (Wildman–Crippen MR) is 58.6 cm³/mol. The molecular formula is C11H15F2N3O2. The number of rotatable bonds is 3. The number of carboxylic acid groups (broad SMARTS) is 1. The van der Waals surface area contributed by atoms with Crippen molar-refractivity contribution in [3.63, 3.8) is 0 Å². The molecule has 0 aliphatic heterocycles. The van der Waals surface area contributed by atoms with Crippen molar-refractivity contribution in [1.29, 1.82) is 0 Å². The summed E-state index contributed by atoms with van der Waals surface area (Å²) < 4.78 is 27.6. The second kappa shape index (κ2) is 4.62. The molecule has 2 rings (SSSR count). The average molecular weight is 259 g/mol. The number of carbonyl (C=O) groups is 1. The van der Waals surface area contributed by atoms with Crippen LogP contribution < -0.4 is 0 Å². The molecule has 5 nitrogen and oxygen atoms in total. The van der Waals surface area contributed by atoms with Gasteiger partial charge in [-0.25, -0.2) is 8.78 Å². The molecule has 1 aliphatic rings. The summed E-state index contributed by atoms with van der Waals surface area (Å²) in [5.74, 6) is -2.68. The van der Waals surface area contributed by atoms with Crippen LogP contribution in [0.25, 0.3) is 0 Å². The Bertz CT molecular complexity index is 449. The molecule has 100 valence electrons. The van der Waals surface area contributed by atoms with Crippen LogP contribution in [0.3, 0.4) is 0 Å². The average Bonchev–Trinajstić information content (AvgIpc) is 2.60. The lowest BCUT2D eigenvalue weighted by atomic mass is 9.86. The Morgan fingerprint density at radius 2 is 2.06 bits per heavy atom. The zero-order valence-corrected chi connectivity index (χ0v) is 10.1. The van der Waals surface area contributed by atoms with Gasteiger partial charge in [0.05, 0.1) is 0 Å². The Morgan fingerprint density at radius 1 is 1.44 bits per heavy atom. The molecule has 0 saturated heterocycles. The first-order chi connectivity index (χ1) is 8.39. The van der Waals surface area contributed by atoms with Crippen molar-refractivity contribution in [3.8, 4) is 0 Å². The van der Waals surface area contributed by atoms with E-state index in [1.54, 1.807) is 6.92 Å². The van der Waals surface area contributed by atoms with Crippen molar-refractivity contribution in [2.45, 2.75) is 51.0 Å². The van der Waals surface area contributed by atoms with Gasteiger partial charge in [0.25, 0.3) is 0 Å². The minimum absolute atomic E-state index is 0.120. The van der Waals surface area contributed by atoms with Crippen LogP contribution in [0.1, 0.15) is 43.3 Å². The fraction of sp³-hybridized carbons (Fsp3) is 0.727. The van der Waals surface area contributed by atoms with E-state index >= 15 is 0 Å². The Labute approximate surface area is 103 Å². The van der Waals surface area contributed by atoms with Crippen LogP contribution >= 0.6 is 0 Å². The number of aromatic nitrogens is 3. The molecule has 1 N–H and O–H groups in total. The van der Waals surface area contributed by atoms with E-state index in [1.807, 2.05) is 0 Å². The predicted octanol–water partition coefficient (Wildman–Crippen LogP) is 1.96. The summed E-state index contributed by atoms with van der Waals surface area (Å²) in [6.07, 6.45) is 0.308. The van der Waals surface area contributed by atoms with Gasteiger partial charge in [-0.3, -0.25) is 4.79 Å². The van der Waals surface area contributed by atoms with Crippen molar-refractivity contribution >= 4 is 5.97 Å². The topological polar surface area (TPSA) is 68.0 Å². The molecule has 0 spiro atoms. The lowest BCUT2D eigenvalue weighted by molar-refractivity contribution is -0.137. The van der Waals surface area contributed by atoms with Crippen LogP contribution in [0.4, 0.5) is 8.78 Å². The van der Waals surface area contributed by atoms with Gasteiger partial charge < -0.3 is 9.67 Å². The van der Waals surface area contributed by atoms with Crippen LogP contribution in [0.15, 0.2) is 0 Å². The maximum Gasteiger partial charge on any atom is 0.323 e. The van der Waals surface area contributed by atoms with Gasteiger partial charge in [-0.1, -0.05) is 0 Å². The van der Waals surface area contributed by atoms with E-state index in [4.69, 9.17) is 5.11 Å². The fourth-order valence-electron chi connectivity index (χ4n) is 2.33. The Kier molecular flexibility index (Phi) is 3.32. The number of aryl methyl sites for hydroxylation is 1. The van der Waals surface area contributed by atoms with E-state index in [2.05, 4.69) is 10.2 Å². The summed E-state index contributed by atoms with van der Waals surface area (Å²) >= 11 is 0. The highest BCUT2D eigenvalue weighted by Crippen LogP contribution is 2.40. The Hall–Kier alpha value is -1.53. The molecule has 0 amide bonds. The third-order valence-electron chi connectivity index (χ3n) is 3.34. The minimum Gasteiger partial charge on any atom is -0.480 e. The lowest BCUT2D eigenvalue weighted by Crippen LogP contribution is -2.26. The van der Waals surface area contributed by atoms with Crippen molar-refractivity contribution in [1.82, 2.24) is 14.8 Å². The number of halogens is 2. The summed E-state index contributed by atoms with van der Waals surface area (Å²) in [6.45, 7) is 1.44. The number of aliphatic carboxylic acids is 1. The molecule has 1 aromatic rings. The van der Waals surface area contributed by atoms with Crippen LogP contribution in [-0.4, -0.2) is 31.8 Å². The van der Waals surface area contributed by atoms with Gasteiger partial charge in [0.2, 0.25) is 5.92 Å². The summed E-state index contributed by atoms with van der Waals surface area (Å²) in [7, 11) is 0. The highest BCUT2D eigenvalue weighted by atomic mass is 19.3. The minimum atomic E-state index is -2.59. The van der Waals surface area contributed by atoms with E-state index in [0.29, 0.717) is 24.5 Å². The first kappa shape index (κ1) is 12.9. The van der Waals surface area contributed by atoms with Crippen molar-refractivity contribution in [2.75, 3.05) is 0 Å². The van der Waals surface area contributed by atoms with Gasteiger partial charge in [0.15, 0.2) is 0 Å². The maximum atomic E-state index is 13.1. The lowest BCUT2D eigenvalue weighted by Gasteiger charge is -2.27. The van der Waals surface area contributed by atoms with Gasteiger partial charge in [0, 0.05) is 18.8 Å². The summed E-state index contributed by atoms with van der Waals surface area (Å²) in [5, 5.41) is 16.6. The summed E-state index contributed by atoms with van der Waals surface area (Å²) in [5.41, 5.74) is 0. The van der Waals surface area contributed by atoms with Crippen molar-refractivity contribution in [3.05, 3.63) is 11.6 Å². The fourth-order valence-corrected chi connectivity index (χ4v) is 2.33. The molecular weight excluding hydrogens is 244 g/mol. The molecule has 1 aliphatic carbocycles. The van der Waals surface area contributed by atoms with E-state index in [-0.39, 0.29) is 25.3 Å². The third kappa shape index (κ3) is 2.65. The zero-order valence-electron chi connectivity index (χ0n) is 10.1. The smallest absolute Gasteiger partial charge is 0.323 e. The normalized spacial score (nSPS) is 19.9. The molecule has 18 heavy (non-hydrogen) atoms. The highest BCUT2D eigenvalue weighted by molar-refractivity contribution is 5.66. The molecule has 0 aromatic carbocycles. The molecule has 1 saturated carbocycles. The van der Waals surface area contributed by atoms with E-state index in [1.165, 1.54) is 4.57 Å². The van der Waals surface area contributed by atoms with Crippen LogP contribution in [0, 0.1) is 6.92 Å². The van der Waals surface area contributed by atoms with Crippen LogP contribution in [0.5, 0.6) is 0 Å². The van der Waals surface area contributed by atoms with Gasteiger partial charge in [-0.15, -0.1) is 10.2 Å². The Balaban J connectivity index is 2.16. The van der Waals surface area contributed by atoms with Gasteiger partial charge >= 0.3 is 5.97 Å². The monoisotopic (exact) mass is 259 g/mol. The van der Waals surface area contributed by atoms with Crippen molar-refractivity contribution in [2.24, 2.45) is 0 Å². The third-order valence-corrected chi connectivity index (χ3v) is 3.34. The maximum absolute atomic E-state index is 13.1. The first-order valence-electron chi connectivity index (χ1n) is 5.88.